The Morgan fingerprint density at radius 2 is 1.28 bits per heavy atom. The number of hydrogen-bond acceptors (Lipinski definition) is 5. The van der Waals surface area contributed by atoms with Gasteiger partial charge in [0.2, 0.25) is 16.6 Å². The molecule has 0 amide bonds. The SMILES string of the molecule is C=C(C)C(=O)OCCC[Si](OC)(O[Si](C)(C)c1ccccc1)O[Si](C)(C)c1ccccc1. The molecule has 0 N–H and O–H groups in total. The molecule has 0 fully saturated rings. The normalized spacial score (nSPS) is 12.4. The first-order chi connectivity index (χ1) is 15.0. The van der Waals surface area contributed by atoms with E-state index in [1.807, 2.05) is 36.4 Å². The Morgan fingerprint density at radius 1 is 0.844 bits per heavy atom. The second-order valence-electron chi connectivity index (χ2n) is 8.86. The molecule has 5 nitrogen and oxygen atoms in total. The van der Waals surface area contributed by atoms with Crippen LogP contribution in [-0.2, 0) is 22.2 Å². The molecule has 0 aliphatic rings. The fourth-order valence-corrected chi connectivity index (χ4v) is 15.4. The van der Waals surface area contributed by atoms with Crippen LogP contribution < -0.4 is 10.4 Å². The summed E-state index contributed by atoms with van der Waals surface area (Å²) in [4.78, 5) is 11.8. The molecule has 0 saturated heterocycles. The van der Waals surface area contributed by atoms with Crippen LogP contribution >= 0.6 is 0 Å². The van der Waals surface area contributed by atoms with Crippen molar-refractivity contribution in [2.45, 2.75) is 45.6 Å². The van der Waals surface area contributed by atoms with Crippen LogP contribution in [0.1, 0.15) is 13.3 Å². The minimum atomic E-state index is -3.10. The van der Waals surface area contributed by atoms with Crippen LogP contribution in [0.25, 0.3) is 0 Å². The van der Waals surface area contributed by atoms with Crippen LogP contribution in [0.3, 0.4) is 0 Å². The molecular weight excluding hydrogens is 453 g/mol. The van der Waals surface area contributed by atoms with Crippen LogP contribution in [-0.4, -0.2) is 45.1 Å². The lowest BCUT2D eigenvalue weighted by Gasteiger charge is -2.41. The van der Waals surface area contributed by atoms with Crippen LogP contribution in [0, 0.1) is 0 Å². The van der Waals surface area contributed by atoms with Gasteiger partial charge in [-0.15, -0.1) is 0 Å². The van der Waals surface area contributed by atoms with Gasteiger partial charge in [0.05, 0.1) is 6.61 Å². The van der Waals surface area contributed by atoms with Gasteiger partial charge >= 0.3 is 14.8 Å². The molecule has 32 heavy (non-hydrogen) atoms. The molecule has 2 aromatic carbocycles. The number of benzene rings is 2. The summed E-state index contributed by atoms with van der Waals surface area (Å²) in [5, 5.41) is 2.37. The van der Waals surface area contributed by atoms with E-state index in [0.29, 0.717) is 18.0 Å². The van der Waals surface area contributed by atoms with Crippen LogP contribution in [0.5, 0.6) is 0 Å². The predicted molar refractivity (Wildman–Crippen MR) is 137 cm³/mol. The molecule has 0 radical (unpaired) electrons. The molecule has 2 aromatic rings. The lowest BCUT2D eigenvalue weighted by molar-refractivity contribution is -0.139. The zero-order valence-corrected chi connectivity index (χ0v) is 23.1. The maximum atomic E-state index is 11.8. The number of rotatable bonds is 12. The van der Waals surface area contributed by atoms with Crippen LogP contribution in [0.15, 0.2) is 72.8 Å². The number of ether oxygens (including phenoxy) is 1. The standard InChI is InChI=1S/C24H36O5Si3/c1-21(2)24(25)27-19-14-20-32(26-3,28-30(4,5)22-15-10-8-11-16-22)29-31(6,7)23-17-12-9-13-18-23/h8-13,15-18H,1,14,19-20H2,2-7H3. The van der Waals surface area contributed by atoms with Crippen molar-refractivity contribution >= 4 is 41.8 Å². The minimum absolute atomic E-state index is 0.275. The van der Waals surface area contributed by atoms with Gasteiger partial charge in [0, 0.05) is 18.7 Å². The topological polar surface area (TPSA) is 54.0 Å². The summed E-state index contributed by atoms with van der Waals surface area (Å²) < 4.78 is 25.2. The van der Waals surface area contributed by atoms with E-state index in [4.69, 9.17) is 17.4 Å². The summed E-state index contributed by atoms with van der Waals surface area (Å²) in [6.45, 7) is 14.2. The highest BCUT2D eigenvalue weighted by Crippen LogP contribution is 2.26. The first-order valence-electron chi connectivity index (χ1n) is 10.9. The van der Waals surface area contributed by atoms with Gasteiger partial charge in [0.15, 0.2) is 0 Å². The third kappa shape index (κ3) is 7.36. The van der Waals surface area contributed by atoms with Crippen molar-refractivity contribution in [2.24, 2.45) is 0 Å². The molecule has 2 rings (SSSR count). The fraction of sp³-hybridized carbons (Fsp3) is 0.375. The Kier molecular flexibility index (Phi) is 9.38. The number of esters is 1. The lowest BCUT2D eigenvalue weighted by Crippen LogP contribution is -2.63. The molecule has 0 aromatic heterocycles. The van der Waals surface area contributed by atoms with Crippen molar-refractivity contribution < 1.29 is 22.2 Å². The number of carbonyl (C=O) groups excluding carboxylic acids is 1. The quantitative estimate of drug-likeness (QED) is 0.193. The monoisotopic (exact) mass is 488 g/mol. The summed E-state index contributed by atoms with van der Waals surface area (Å²) in [5.74, 6) is -0.380. The van der Waals surface area contributed by atoms with Gasteiger partial charge < -0.3 is 17.4 Å². The highest BCUT2D eigenvalue weighted by Gasteiger charge is 2.49. The van der Waals surface area contributed by atoms with Gasteiger partial charge in [-0.3, -0.25) is 0 Å². The molecule has 0 unspecified atom stereocenters. The van der Waals surface area contributed by atoms with Gasteiger partial charge in [-0.05, 0) is 49.9 Å². The second-order valence-corrected chi connectivity index (χ2v) is 20.0. The van der Waals surface area contributed by atoms with E-state index in [1.54, 1.807) is 14.0 Å². The van der Waals surface area contributed by atoms with E-state index >= 15 is 0 Å². The molecule has 0 atom stereocenters. The summed E-state index contributed by atoms with van der Waals surface area (Å²) in [7, 11) is -6.07. The van der Waals surface area contributed by atoms with E-state index in [1.165, 1.54) is 10.4 Å². The molecule has 174 valence electrons. The van der Waals surface area contributed by atoms with Gasteiger partial charge in [0.25, 0.3) is 0 Å². The third-order valence-corrected chi connectivity index (χ3v) is 16.9. The van der Waals surface area contributed by atoms with Crippen molar-refractivity contribution in [1.82, 2.24) is 0 Å². The molecule has 0 aliphatic carbocycles. The number of hydrogen-bond donors (Lipinski definition) is 0. The Hall–Kier alpha value is -1.82. The molecule has 0 spiro atoms. The Morgan fingerprint density at radius 3 is 1.66 bits per heavy atom. The fourth-order valence-electron chi connectivity index (χ4n) is 3.46. The van der Waals surface area contributed by atoms with Gasteiger partial charge in [-0.1, -0.05) is 67.2 Å². The average molecular weight is 489 g/mol. The lowest BCUT2D eigenvalue weighted by atomic mass is 10.4. The van der Waals surface area contributed by atoms with Gasteiger partial charge in [0.1, 0.15) is 0 Å². The maximum Gasteiger partial charge on any atom is 0.480 e. The summed E-state index contributed by atoms with van der Waals surface area (Å²) >= 11 is 0. The third-order valence-electron chi connectivity index (χ3n) is 5.28. The van der Waals surface area contributed by atoms with Crippen LogP contribution in [0.4, 0.5) is 0 Å². The second kappa shape index (κ2) is 11.4. The van der Waals surface area contributed by atoms with Gasteiger partial charge in [-0.25, -0.2) is 4.79 Å². The largest absolute Gasteiger partial charge is 0.480 e. The number of carbonyl (C=O) groups is 1. The van der Waals surface area contributed by atoms with Gasteiger partial charge in [-0.2, -0.15) is 0 Å². The average Bonchev–Trinajstić information content (AvgIpc) is 2.77. The molecule has 0 saturated carbocycles. The molecule has 0 aliphatic heterocycles. The predicted octanol–water partition coefficient (Wildman–Crippen LogP) is 4.34. The van der Waals surface area contributed by atoms with E-state index in [9.17, 15) is 4.79 Å². The Labute approximate surface area is 196 Å². The van der Waals surface area contributed by atoms with Crippen molar-refractivity contribution in [1.29, 1.82) is 0 Å². The molecular formula is C24H36O5Si3. The summed E-state index contributed by atoms with van der Waals surface area (Å²) in [5.41, 5.74) is 0.392. The van der Waals surface area contributed by atoms with E-state index in [0.717, 1.165) is 0 Å². The van der Waals surface area contributed by atoms with E-state index in [-0.39, 0.29) is 12.6 Å². The highest BCUT2D eigenvalue weighted by molar-refractivity contribution is 6.95. The smallest absolute Gasteiger partial charge is 0.462 e. The summed E-state index contributed by atoms with van der Waals surface area (Å²) in [6, 6.07) is 21.1. The van der Waals surface area contributed by atoms with E-state index < -0.39 is 25.4 Å². The molecule has 0 bridgehead atoms. The van der Waals surface area contributed by atoms with E-state index in [2.05, 4.69) is 57.0 Å². The molecule has 0 heterocycles. The summed E-state index contributed by atoms with van der Waals surface area (Å²) in [6.07, 6.45) is 0.595. The van der Waals surface area contributed by atoms with Crippen molar-refractivity contribution in [3.05, 3.63) is 72.8 Å². The van der Waals surface area contributed by atoms with Crippen molar-refractivity contribution in [3.8, 4) is 0 Å². The Bertz CT molecular complexity index is 832. The first-order valence-corrected chi connectivity index (χ1v) is 18.7. The maximum absolute atomic E-state index is 11.8. The highest BCUT2D eigenvalue weighted by atomic mass is 28.5. The zero-order chi connectivity index (χ0) is 23.8. The van der Waals surface area contributed by atoms with Crippen molar-refractivity contribution in [2.75, 3.05) is 13.7 Å². The zero-order valence-electron chi connectivity index (χ0n) is 20.1. The van der Waals surface area contributed by atoms with Crippen LogP contribution in [0.2, 0.25) is 32.2 Å². The minimum Gasteiger partial charge on any atom is -0.462 e. The first kappa shape index (κ1) is 26.4. The Balaban J connectivity index is 2.28. The molecule has 8 heteroatoms. The van der Waals surface area contributed by atoms with Crippen molar-refractivity contribution in [3.63, 3.8) is 0 Å².